The average Bonchev–Trinajstić information content (AvgIpc) is 2.88. The highest BCUT2D eigenvalue weighted by Gasteiger charge is 2.54. The molecule has 1 aliphatic heterocycles. The number of ether oxygens (including phenoxy) is 1. The first-order chi connectivity index (χ1) is 13.2. The maximum absolute atomic E-state index is 13.6. The van der Waals surface area contributed by atoms with Gasteiger partial charge in [-0.05, 0) is 62.7 Å². The number of alkyl carbamates (subject to hydrolysis) is 1. The van der Waals surface area contributed by atoms with Crippen molar-refractivity contribution in [2.24, 2.45) is 22.7 Å². The van der Waals surface area contributed by atoms with E-state index in [4.69, 9.17) is 4.74 Å². The number of nitrogens with zero attached hydrogens (tertiary/aromatic N) is 1. The van der Waals surface area contributed by atoms with Gasteiger partial charge in [-0.2, -0.15) is 0 Å². The minimum Gasteiger partial charge on any atom is -0.444 e. The normalized spacial score (nSPS) is 27.0. The first-order valence-electron chi connectivity index (χ1n) is 11.1. The molecule has 3 atom stereocenters. The summed E-state index contributed by atoms with van der Waals surface area (Å²) >= 11 is 0. The van der Waals surface area contributed by atoms with E-state index >= 15 is 0 Å². The first kappa shape index (κ1) is 24.0. The number of nitrogens with one attached hydrogen (secondary N) is 1. The lowest BCUT2D eigenvalue weighted by atomic mass is 9.59. The van der Waals surface area contributed by atoms with Crippen molar-refractivity contribution in [1.82, 2.24) is 10.2 Å². The number of carbonyl (C=O) groups is 2. The van der Waals surface area contributed by atoms with Crippen molar-refractivity contribution < 1.29 is 19.4 Å². The minimum atomic E-state index is -0.712. The SMILES string of the molecule is CC(C)[C@@]1(C2CCC2)C[C@@H](CO)N(C(=O)[C@@H](NC(=O)OC(C)(C)C)C(C)(C)C)C1. The molecule has 1 heterocycles. The van der Waals surface area contributed by atoms with Gasteiger partial charge in [0.05, 0.1) is 12.6 Å². The lowest BCUT2D eigenvalue weighted by Gasteiger charge is -2.46. The van der Waals surface area contributed by atoms with Crippen LogP contribution in [0.25, 0.3) is 0 Å². The predicted molar refractivity (Wildman–Crippen MR) is 114 cm³/mol. The van der Waals surface area contributed by atoms with E-state index in [2.05, 4.69) is 19.2 Å². The van der Waals surface area contributed by atoms with Gasteiger partial charge in [0.25, 0.3) is 0 Å². The van der Waals surface area contributed by atoms with Crippen LogP contribution in [-0.2, 0) is 9.53 Å². The van der Waals surface area contributed by atoms with E-state index in [-0.39, 0.29) is 24.0 Å². The van der Waals surface area contributed by atoms with Crippen LogP contribution in [0.15, 0.2) is 0 Å². The molecule has 29 heavy (non-hydrogen) atoms. The van der Waals surface area contributed by atoms with Gasteiger partial charge < -0.3 is 20.1 Å². The third-order valence-corrected chi connectivity index (χ3v) is 6.86. The first-order valence-corrected chi connectivity index (χ1v) is 11.1. The van der Waals surface area contributed by atoms with E-state index in [1.54, 1.807) is 20.8 Å². The van der Waals surface area contributed by atoms with E-state index in [0.29, 0.717) is 18.4 Å². The summed E-state index contributed by atoms with van der Waals surface area (Å²) in [6.07, 6.45) is 3.91. The molecule has 2 fully saturated rings. The van der Waals surface area contributed by atoms with Gasteiger partial charge in [-0.3, -0.25) is 4.79 Å². The summed E-state index contributed by atoms with van der Waals surface area (Å²) in [4.78, 5) is 27.9. The van der Waals surface area contributed by atoms with Gasteiger partial charge in [-0.25, -0.2) is 4.79 Å². The third-order valence-electron chi connectivity index (χ3n) is 6.86. The molecular weight excluding hydrogens is 368 g/mol. The van der Waals surface area contributed by atoms with Gasteiger partial charge in [0.1, 0.15) is 11.6 Å². The van der Waals surface area contributed by atoms with Crippen molar-refractivity contribution in [3.8, 4) is 0 Å². The molecule has 2 aliphatic rings. The van der Waals surface area contributed by atoms with Crippen LogP contribution in [0.4, 0.5) is 4.79 Å². The second-order valence-corrected chi connectivity index (χ2v) is 11.5. The maximum Gasteiger partial charge on any atom is 0.408 e. The summed E-state index contributed by atoms with van der Waals surface area (Å²) in [6, 6.07) is -0.911. The van der Waals surface area contributed by atoms with Crippen LogP contribution < -0.4 is 5.32 Å². The van der Waals surface area contributed by atoms with Crippen molar-refractivity contribution in [2.45, 2.75) is 98.8 Å². The largest absolute Gasteiger partial charge is 0.444 e. The van der Waals surface area contributed by atoms with Crippen LogP contribution in [0.1, 0.15) is 81.1 Å². The molecule has 1 aliphatic carbocycles. The van der Waals surface area contributed by atoms with Crippen molar-refractivity contribution >= 4 is 12.0 Å². The summed E-state index contributed by atoms with van der Waals surface area (Å²) in [5, 5.41) is 12.9. The molecule has 0 radical (unpaired) electrons. The fourth-order valence-electron chi connectivity index (χ4n) is 4.89. The third kappa shape index (κ3) is 5.25. The number of rotatable bonds is 5. The van der Waals surface area contributed by atoms with Crippen molar-refractivity contribution in [3.63, 3.8) is 0 Å². The molecule has 0 bridgehead atoms. The van der Waals surface area contributed by atoms with Crippen LogP contribution >= 0.6 is 0 Å². The highest BCUT2D eigenvalue weighted by atomic mass is 16.6. The number of carbonyl (C=O) groups excluding carboxylic acids is 2. The molecule has 0 spiro atoms. The number of likely N-dealkylation sites (tertiary alicyclic amines) is 1. The summed E-state index contributed by atoms with van der Waals surface area (Å²) < 4.78 is 5.40. The van der Waals surface area contributed by atoms with Gasteiger partial charge >= 0.3 is 6.09 Å². The maximum atomic E-state index is 13.6. The van der Waals surface area contributed by atoms with Crippen molar-refractivity contribution in [1.29, 1.82) is 0 Å². The molecule has 2 rings (SSSR count). The fraction of sp³-hybridized carbons (Fsp3) is 0.913. The Morgan fingerprint density at radius 2 is 1.76 bits per heavy atom. The van der Waals surface area contributed by atoms with Crippen LogP contribution in [0.3, 0.4) is 0 Å². The number of aliphatic hydroxyl groups excluding tert-OH is 1. The smallest absolute Gasteiger partial charge is 0.408 e. The highest BCUT2D eigenvalue weighted by Crippen LogP contribution is 2.54. The molecule has 168 valence electrons. The monoisotopic (exact) mass is 410 g/mol. The lowest BCUT2D eigenvalue weighted by molar-refractivity contribution is -0.138. The topological polar surface area (TPSA) is 78.9 Å². The summed E-state index contributed by atoms with van der Waals surface area (Å²) in [7, 11) is 0. The molecule has 0 unspecified atom stereocenters. The van der Waals surface area contributed by atoms with Gasteiger partial charge in [-0.15, -0.1) is 0 Å². The zero-order valence-corrected chi connectivity index (χ0v) is 19.7. The Labute approximate surface area is 176 Å². The number of hydrogen-bond donors (Lipinski definition) is 2. The van der Waals surface area contributed by atoms with Crippen LogP contribution in [0.5, 0.6) is 0 Å². The Hall–Kier alpha value is -1.30. The van der Waals surface area contributed by atoms with Gasteiger partial charge in [0, 0.05) is 6.54 Å². The van der Waals surface area contributed by atoms with Crippen LogP contribution in [-0.4, -0.2) is 52.8 Å². The average molecular weight is 411 g/mol. The molecule has 2 N–H and O–H groups in total. The lowest BCUT2D eigenvalue weighted by Crippen LogP contribution is -2.57. The quantitative estimate of drug-likeness (QED) is 0.719. The standard InChI is InChI=1S/C23H42N2O4/c1-15(2)23(16-10-9-11-16)12-17(13-26)25(14-23)19(27)18(21(3,4)5)24-20(28)29-22(6,7)8/h15-18,26H,9-14H2,1-8H3,(H,24,28)/t17-,18+,23+/m0/s1. The van der Waals surface area contributed by atoms with E-state index in [1.807, 2.05) is 25.7 Å². The zero-order valence-electron chi connectivity index (χ0n) is 19.7. The number of amides is 2. The molecule has 0 aromatic carbocycles. The van der Waals surface area contributed by atoms with Crippen LogP contribution in [0, 0.1) is 22.7 Å². The Bertz CT molecular complexity index is 601. The second-order valence-electron chi connectivity index (χ2n) is 11.5. The highest BCUT2D eigenvalue weighted by molar-refractivity contribution is 5.87. The van der Waals surface area contributed by atoms with Gasteiger partial charge in [0.2, 0.25) is 5.91 Å². The second kappa shape index (κ2) is 8.44. The molecule has 1 saturated heterocycles. The molecule has 2 amide bonds. The van der Waals surface area contributed by atoms with Gasteiger partial charge in [0.15, 0.2) is 0 Å². The zero-order chi connectivity index (χ0) is 22.2. The van der Waals surface area contributed by atoms with Crippen molar-refractivity contribution in [3.05, 3.63) is 0 Å². The molecule has 6 heteroatoms. The number of aliphatic hydroxyl groups is 1. The summed E-state index contributed by atoms with van der Waals surface area (Å²) in [5.41, 5.74) is -1.06. The Balaban J connectivity index is 2.26. The van der Waals surface area contributed by atoms with E-state index in [1.165, 1.54) is 19.3 Å². The summed E-state index contributed by atoms with van der Waals surface area (Å²) in [6.45, 7) is 16.3. The molecule has 6 nitrogen and oxygen atoms in total. The van der Waals surface area contributed by atoms with Crippen LogP contribution in [0.2, 0.25) is 0 Å². The minimum absolute atomic E-state index is 0.0454. The van der Waals surface area contributed by atoms with E-state index < -0.39 is 23.2 Å². The Morgan fingerprint density at radius 3 is 2.14 bits per heavy atom. The Morgan fingerprint density at radius 1 is 1.17 bits per heavy atom. The molecular formula is C23H42N2O4. The molecule has 0 aromatic rings. The van der Waals surface area contributed by atoms with E-state index in [0.717, 1.165) is 6.42 Å². The summed E-state index contributed by atoms with van der Waals surface area (Å²) in [5.74, 6) is 0.928. The molecule has 1 saturated carbocycles. The number of hydrogen-bond acceptors (Lipinski definition) is 4. The van der Waals surface area contributed by atoms with Crippen molar-refractivity contribution in [2.75, 3.05) is 13.2 Å². The Kier molecular flexibility index (Phi) is 6.98. The molecule has 0 aromatic heterocycles. The fourth-order valence-corrected chi connectivity index (χ4v) is 4.89. The van der Waals surface area contributed by atoms with E-state index in [9.17, 15) is 14.7 Å². The van der Waals surface area contributed by atoms with Gasteiger partial charge in [-0.1, -0.05) is 41.0 Å². The predicted octanol–water partition coefficient (Wildman–Crippen LogP) is 3.96.